The Morgan fingerprint density at radius 2 is 1.69 bits per heavy atom. The van der Waals surface area contributed by atoms with Crippen LogP contribution in [-0.2, 0) is 12.8 Å². The molecule has 5 atom stereocenters. The second-order valence-electron chi connectivity index (χ2n) is 11.3. The zero-order chi connectivity index (χ0) is 22.2. The summed E-state index contributed by atoms with van der Waals surface area (Å²) in [5.74, 6) is 6.11. The molecule has 4 rings (SSSR count). The summed E-state index contributed by atoms with van der Waals surface area (Å²) in [7, 11) is 0. The standard InChI is InChI=1S/C31H48O/c1-3-5-7-9-19-32-31-18-17-29-22-28(15-16-30(29)23-31)27-14-13-25-20-24(10-8-6-4-2)11-12-26(25)21-27/h4,6,17-18,23-28H,3,5,7-16,19-22H2,1-2H3. The van der Waals surface area contributed by atoms with E-state index in [1.54, 1.807) is 11.1 Å². The van der Waals surface area contributed by atoms with Crippen molar-refractivity contribution in [3.8, 4) is 5.75 Å². The van der Waals surface area contributed by atoms with Gasteiger partial charge >= 0.3 is 0 Å². The SMILES string of the molecule is CC=CCCC1CCC2CC(C3CCc4cc(OCCCCCC)ccc4C3)CCC2C1. The molecule has 1 aromatic carbocycles. The Morgan fingerprint density at radius 1 is 0.875 bits per heavy atom. The number of unbranched alkanes of at least 4 members (excludes halogenated alkanes) is 3. The normalized spacial score (nSPS) is 30.1. The summed E-state index contributed by atoms with van der Waals surface area (Å²) in [6.07, 6.45) is 25.5. The van der Waals surface area contributed by atoms with E-state index in [1.807, 2.05) is 0 Å². The monoisotopic (exact) mass is 436 g/mol. The highest BCUT2D eigenvalue weighted by atomic mass is 16.5. The second-order valence-corrected chi connectivity index (χ2v) is 11.3. The lowest BCUT2D eigenvalue weighted by molar-refractivity contribution is 0.0699. The zero-order valence-corrected chi connectivity index (χ0v) is 21.0. The van der Waals surface area contributed by atoms with Crippen molar-refractivity contribution in [3.05, 3.63) is 41.5 Å². The molecule has 0 saturated heterocycles. The van der Waals surface area contributed by atoms with Gasteiger partial charge < -0.3 is 4.74 Å². The van der Waals surface area contributed by atoms with E-state index < -0.39 is 0 Å². The van der Waals surface area contributed by atoms with E-state index in [-0.39, 0.29) is 0 Å². The van der Waals surface area contributed by atoms with Gasteiger partial charge in [0.05, 0.1) is 6.61 Å². The first-order chi connectivity index (χ1) is 15.8. The van der Waals surface area contributed by atoms with Crippen LogP contribution >= 0.6 is 0 Å². The van der Waals surface area contributed by atoms with Crippen molar-refractivity contribution in [3.63, 3.8) is 0 Å². The highest BCUT2D eigenvalue weighted by Gasteiger charge is 2.38. The third-order valence-electron chi connectivity index (χ3n) is 9.12. The van der Waals surface area contributed by atoms with E-state index >= 15 is 0 Å². The quantitative estimate of drug-likeness (QED) is 0.263. The molecule has 1 nitrogen and oxygen atoms in total. The molecule has 1 aromatic rings. The molecule has 3 aliphatic carbocycles. The molecular formula is C31H48O. The van der Waals surface area contributed by atoms with Crippen molar-refractivity contribution in [2.45, 2.75) is 110 Å². The molecule has 5 unspecified atom stereocenters. The summed E-state index contributed by atoms with van der Waals surface area (Å²) in [4.78, 5) is 0. The molecule has 0 radical (unpaired) electrons. The van der Waals surface area contributed by atoms with E-state index in [2.05, 4.69) is 44.2 Å². The molecule has 0 bridgehead atoms. The van der Waals surface area contributed by atoms with Gasteiger partial charge in [0.2, 0.25) is 0 Å². The maximum absolute atomic E-state index is 6.06. The number of fused-ring (bicyclic) bond motifs is 2. The predicted octanol–water partition coefficient (Wildman–Crippen LogP) is 8.94. The fourth-order valence-electron chi connectivity index (χ4n) is 7.18. The van der Waals surface area contributed by atoms with Gasteiger partial charge in [0.15, 0.2) is 0 Å². The number of aryl methyl sites for hydroxylation is 1. The van der Waals surface area contributed by atoms with Gasteiger partial charge in [-0.3, -0.25) is 0 Å². The van der Waals surface area contributed by atoms with E-state index in [0.717, 1.165) is 41.9 Å². The van der Waals surface area contributed by atoms with Crippen LogP contribution in [0.15, 0.2) is 30.4 Å². The van der Waals surface area contributed by atoms with Crippen LogP contribution in [0, 0.1) is 29.6 Å². The van der Waals surface area contributed by atoms with Gasteiger partial charge in [-0.2, -0.15) is 0 Å². The summed E-state index contributed by atoms with van der Waals surface area (Å²) in [6, 6.07) is 6.99. The Kier molecular flexibility index (Phi) is 9.18. The van der Waals surface area contributed by atoms with Crippen LogP contribution in [0.3, 0.4) is 0 Å². The predicted molar refractivity (Wildman–Crippen MR) is 137 cm³/mol. The van der Waals surface area contributed by atoms with Crippen molar-refractivity contribution < 1.29 is 4.74 Å². The van der Waals surface area contributed by atoms with Crippen LogP contribution in [0.2, 0.25) is 0 Å². The molecule has 2 fully saturated rings. The Labute approximate surface area is 198 Å². The molecule has 0 aromatic heterocycles. The summed E-state index contributed by atoms with van der Waals surface area (Å²) in [5.41, 5.74) is 3.19. The van der Waals surface area contributed by atoms with Gasteiger partial charge in [0, 0.05) is 0 Å². The molecule has 0 aliphatic heterocycles. The number of rotatable bonds is 10. The summed E-state index contributed by atoms with van der Waals surface area (Å²) < 4.78 is 6.06. The smallest absolute Gasteiger partial charge is 0.119 e. The summed E-state index contributed by atoms with van der Waals surface area (Å²) in [5, 5.41) is 0. The topological polar surface area (TPSA) is 9.23 Å². The van der Waals surface area contributed by atoms with E-state index in [4.69, 9.17) is 4.74 Å². The van der Waals surface area contributed by atoms with Gasteiger partial charge in [0.1, 0.15) is 5.75 Å². The van der Waals surface area contributed by atoms with Crippen LogP contribution in [-0.4, -0.2) is 6.61 Å². The van der Waals surface area contributed by atoms with Crippen LogP contribution in [0.1, 0.15) is 108 Å². The van der Waals surface area contributed by atoms with Crippen molar-refractivity contribution >= 4 is 0 Å². The number of benzene rings is 1. The van der Waals surface area contributed by atoms with Gasteiger partial charge in [-0.25, -0.2) is 0 Å². The fraction of sp³-hybridized carbons (Fsp3) is 0.742. The van der Waals surface area contributed by atoms with Crippen LogP contribution in [0.25, 0.3) is 0 Å². The van der Waals surface area contributed by atoms with Gasteiger partial charge in [-0.05, 0) is 130 Å². The molecule has 1 heteroatoms. The molecule has 2 saturated carbocycles. The molecule has 32 heavy (non-hydrogen) atoms. The first-order valence-corrected chi connectivity index (χ1v) is 14.1. The highest BCUT2D eigenvalue weighted by Crippen LogP contribution is 2.49. The summed E-state index contributed by atoms with van der Waals surface area (Å²) >= 11 is 0. The maximum Gasteiger partial charge on any atom is 0.119 e. The zero-order valence-electron chi connectivity index (χ0n) is 21.0. The van der Waals surface area contributed by atoms with Crippen LogP contribution in [0.4, 0.5) is 0 Å². The average molecular weight is 437 g/mol. The van der Waals surface area contributed by atoms with Crippen molar-refractivity contribution in [2.75, 3.05) is 6.61 Å². The lowest BCUT2D eigenvalue weighted by Gasteiger charge is -2.45. The first-order valence-electron chi connectivity index (χ1n) is 14.1. The van der Waals surface area contributed by atoms with Crippen molar-refractivity contribution in [2.24, 2.45) is 29.6 Å². The molecule has 0 amide bonds. The maximum atomic E-state index is 6.06. The molecule has 3 aliphatic rings. The summed E-state index contributed by atoms with van der Waals surface area (Å²) in [6.45, 7) is 5.30. The van der Waals surface area contributed by atoms with E-state index in [0.29, 0.717) is 0 Å². The molecule has 0 spiro atoms. The Morgan fingerprint density at radius 3 is 2.53 bits per heavy atom. The Hall–Kier alpha value is -1.24. The van der Waals surface area contributed by atoms with Gasteiger partial charge in [-0.1, -0.05) is 50.8 Å². The minimum absolute atomic E-state index is 0.877. The molecule has 0 heterocycles. The Balaban J connectivity index is 1.24. The minimum Gasteiger partial charge on any atom is -0.494 e. The molecule has 0 N–H and O–H groups in total. The van der Waals surface area contributed by atoms with E-state index in [1.165, 1.54) is 96.3 Å². The lowest BCUT2D eigenvalue weighted by Crippen LogP contribution is -2.35. The number of hydrogen-bond donors (Lipinski definition) is 0. The number of allylic oxidation sites excluding steroid dienone is 2. The van der Waals surface area contributed by atoms with Gasteiger partial charge in [0.25, 0.3) is 0 Å². The van der Waals surface area contributed by atoms with Gasteiger partial charge in [-0.15, -0.1) is 0 Å². The largest absolute Gasteiger partial charge is 0.494 e. The van der Waals surface area contributed by atoms with Crippen molar-refractivity contribution in [1.29, 1.82) is 0 Å². The van der Waals surface area contributed by atoms with Crippen LogP contribution in [0.5, 0.6) is 5.75 Å². The first kappa shape index (κ1) is 23.9. The fourth-order valence-corrected chi connectivity index (χ4v) is 7.18. The average Bonchev–Trinajstić information content (AvgIpc) is 2.83. The lowest BCUT2D eigenvalue weighted by atomic mass is 9.61. The Bertz CT molecular complexity index is 719. The number of hydrogen-bond acceptors (Lipinski definition) is 1. The molecular weight excluding hydrogens is 388 g/mol. The number of ether oxygens (including phenoxy) is 1. The highest BCUT2D eigenvalue weighted by molar-refractivity contribution is 5.37. The third kappa shape index (κ3) is 6.42. The second kappa shape index (κ2) is 12.3. The minimum atomic E-state index is 0.877. The third-order valence-corrected chi connectivity index (χ3v) is 9.12. The van der Waals surface area contributed by atoms with Crippen molar-refractivity contribution in [1.82, 2.24) is 0 Å². The van der Waals surface area contributed by atoms with E-state index in [9.17, 15) is 0 Å². The molecule has 178 valence electrons. The van der Waals surface area contributed by atoms with Crippen LogP contribution < -0.4 is 4.74 Å².